The minimum absolute atomic E-state index is 0.0707. The summed E-state index contributed by atoms with van der Waals surface area (Å²) in [5.41, 5.74) is 0.911. The predicted octanol–water partition coefficient (Wildman–Crippen LogP) is 6.84. The fraction of sp³-hybridized carbons (Fsp3) is 0.263. The molecular weight excluding hydrogens is 370 g/mol. The molecule has 1 aliphatic carbocycles. The molecule has 1 N–H and O–H groups in total. The molecule has 1 nitrogen and oxygen atoms in total. The smallest absolute Gasteiger partial charge is 0.377 e. The van der Waals surface area contributed by atoms with Crippen molar-refractivity contribution < 1.29 is 13.2 Å². The number of rotatable bonds is 1. The Balaban J connectivity index is 1.88. The first-order valence-electron chi connectivity index (χ1n) is 7.95. The quantitative estimate of drug-likeness (QED) is 0.531. The maximum atomic E-state index is 13.5. The Morgan fingerprint density at radius 3 is 2.48 bits per heavy atom. The van der Waals surface area contributed by atoms with E-state index in [1.54, 1.807) is 18.2 Å². The number of allylic oxidation sites excluding steroid dienone is 2. The normalized spacial score (nSPS) is 24.6. The predicted molar refractivity (Wildman–Crippen MR) is 94.3 cm³/mol. The molecule has 2 aromatic rings. The number of halogens is 5. The fourth-order valence-electron chi connectivity index (χ4n) is 3.93. The first kappa shape index (κ1) is 16.8. The van der Waals surface area contributed by atoms with Gasteiger partial charge in [-0.15, -0.1) is 0 Å². The molecule has 6 heteroatoms. The highest BCUT2D eigenvalue weighted by atomic mass is 35.5. The van der Waals surface area contributed by atoms with E-state index in [2.05, 4.69) is 5.32 Å². The van der Waals surface area contributed by atoms with Crippen LogP contribution in [-0.2, 0) is 6.18 Å². The molecule has 0 aromatic heterocycles. The molecule has 0 spiro atoms. The highest BCUT2D eigenvalue weighted by Gasteiger charge is 2.43. The molecule has 3 atom stereocenters. The van der Waals surface area contributed by atoms with Crippen molar-refractivity contribution in [3.05, 3.63) is 75.3 Å². The van der Waals surface area contributed by atoms with E-state index in [4.69, 9.17) is 23.2 Å². The minimum Gasteiger partial charge on any atom is -0.377 e. The van der Waals surface area contributed by atoms with E-state index in [0.29, 0.717) is 15.6 Å². The van der Waals surface area contributed by atoms with Gasteiger partial charge in [-0.25, -0.2) is 0 Å². The molecule has 130 valence electrons. The maximum Gasteiger partial charge on any atom is 0.418 e. The Bertz CT molecular complexity index is 860. The van der Waals surface area contributed by atoms with E-state index in [1.807, 2.05) is 18.2 Å². The lowest BCUT2D eigenvalue weighted by molar-refractivity contribution is -0.137. The SMILES string of the molecule is FC(F)(F)c1cccc2c1N[C@H](c1cccc(Cl)c1Cl)[C@@H]1CC=C[C@H]21. The van der Waals surface area contributed by atoms with E-state index in [1.165, 1.54) is 6.07 Å². The summed E-state index contributed by atoms with van der Waals surface area (Å²) in [5.74, 6) is 0.0329. The summed E-state index contributed by atoms with van der Waals surface area (Å²) in [6.45, 7) is 0. The number of anilines is 1. The van der Waals surface area contributed by atoms with Crippen LogP contribution in [0.3, 0.4) is 0 Å². The van der Waals surface area contributed by atoms with Gasteiger partial charge < -0.3 is 5.32 Å². The standard InChI is InChI=1S/C19H14Cl2F3N/c20-15-9-3-7-13(16(15)21)17-11-5-1-4-10(11)12-6-2-8-14(18(12)25-17)19(22,23)24/h1-4,6-11,17,25H,5H2/t10-,11+,17-/m0/s1. The van der Waals surface area contributed by atoms with Crippen molar-refractivity contribution in [1.29, 1.82) is 0 Å². The zero-order valence-electron chi connectivity index (χ0n) is 12.9. The van der Waals surface area contributed by atoms with Crippen molar-refractivity contribution in [3.8, 4) is 0 Å². The molecule has 1 heterocycles. The second kappa shape index (κ2) is 5.96. The number of nitrogens with one attached hydrogen (secondary N) is 1. The van der Waals surface area contributed by atoms with Gasteiger partial charge in [-0.2, -0.15) is 13.2 Å². The number of benzene rings is 2. The Kier molecular flexibility index (Phi) is 4.00. The van der Waals surface area contributed by atoms with Crippen LogP contribution in [0.4, 0.5) is 18.9 Å². The molecule has 25 heavy (non-hydrogen) atoms. The van der Waals surface area contributed by atoms with E-state index >= 15 is 0 Å². The maximum absolute atomic E-state index is 13.5. The van der Waals surface area contributed by atoms with Gasteiger partial charge >= 0.3 is 6.18 Å². The van der Waals surface area contributed by atoms with Gasteiger partial charge in [0.05, 0.1) is 27.3 Å². The van der Waals surface area contributed by atoms with Crippen molar-refractivity contribution in [2.45, 2.75) is 24.6 Å². The third-order valence-electron chi connectivity index (χ3n) is 5.02. The summed E-state index contributed by atoms with van der Waals surface area (Å²) in [6, 6.07) is 9.29. The van der Waals surface area contributed by atoms with Crippen LogP contribution in [0.25, 0.3) is 0 Å². The third-order valence-corrected chi connectivity index (χ3v) is 5.85. The summed E-state index contributed by atoms with van der Waals surface area (Å²) in [7, 11) is 0. The number of hydrogen-bond donors (Lipinski definition) is 1. The van der Waals surface area contributed by atoms with Crippen molar-refractivity contribution in [3.63, 3.8) is 0 Å². The Morgan fingerprint density at radius 1 is 1.00 bits per heavy atom. The second-order valence-electron chi connectivity index (χ2n) is 6.39. The Hall–Kier alpha value is -1.65. The van der Waals surface area contributed by atoms with Crippen LogP contribution in [0.15, 0.2) is 48.6 Å². The second-order valence-corrected chi connectivity index (χ2v) is 7.17. The lowest BCUT2D eigenvalue weighted by atomic mass is 9.76. The summed E-state index contributed by atoms with van der Waals surface area (Å²) in [4.78, 5) is 0. The van der Waals surface area contributed by atoms with Gasteiger partial charge in [0.2, 0.25) is 0 Å². The summed E-state index contributed by atoms with van der Waals surface area (Å²) in [6.07, 6.45) is 0.380. The molecule has 0 fully saturated rings. The fourth-order valence-corrected chi connectivity index (χ4v) is 4.35. The van der Waals surface area contributed by atoms with Gasteiger partial charge in [0, 0.05) is 5.92 Å². The van der Waals surface area contributed by atoms with Crippen LogP contribution in [0.5, 0.6) is 0 Å². The van der Waals surface area contributed by atoms with E-state index in [9.17, 15) is 13.2 Å². The van der Waals surface area contributed by atoms with Crippen LogP contribution in [0.1, 0.15) is 35.1 Å². The molecule has 1 aliphatic heterocycles. The Labute approximate surface area is 153 Å². The zero-order valence-corrected chi connectivity index (χ0v) is 14.5. The highest BCUT2D eigenvalue weighted by molar-refractivity contribution is 6.42. The molecular formula is C19H14Cl2F3N. The average molecular weight is 384 g/mol. The van der Waals surface area contributed by atoms with Gasteiger partial charge in [0.1, 0.15) is 0 Å². The molecule has 0 bridgehead atoms. The highest BCUT2D eigenvalue weighted by Crippen LogP contribution is 2.53. The monoisotopic (exact) mass is 383 g/mol. The van der Waals surface area contributed by atoms with E-state index in [0.717, 1.165) is 18.1 Å². The summed E-state index contributed by atoms with van der Waals surface area (Å²) in [5, 5.41) is 3.92. The first-order valence-corrected chi connectivity index (χ1v) is 8.70. The number of alkyl halides is 3. The van der Waals surface area contributed by atoms with Gasteiger partial charge in [-0.05, 0) is 35.6 Å². The number of para-hydroxylation sites is 1. The molecule has 4 rings (SSSR count). The lowest BCUT2D eigenvalue weighted by Gasteiger charge is -2.39. The summed E-state index contributed by atoms with van der Waals surface area (Å²) < 4.78 is 40.5. The van der Waals surface area contributed by atoms with E-state index in [-0.39, 0.29) is 23.6 Å². The molecule has 2 aliphatic rings. The van der Waals surface area contributed by atoms with E-state index < -0.39 is 11.7 Å². The average Bonchev–Trinajstić information content (AvgIpc) is 3.05. The van der Waals surface area contributed by atoms with Crippen molar-refractivity contribution in [2.24, 2.45) is 5.92 Å². The van der Waals surface area contributed by atoms with Crippen molar-refractivity contribution in [2.75, 3.05) is 5.32 Å². The minimum atomic E-state index is -4.42. The van der Waals surface area contributed by atoms with Crippen LogP contribution in [-0.4, -0.2) is 0 Å². The zero-order chi connectivity index (χ0) is 17.8. The lowest BCUT2D eigenvalue weighted by Crippen LogP contribution is -2.31. The van der Waals surface area contributed by atoms with Gasteiger partial charge in [0.25, 0.3) is 0 Å². The topological polar surface area (TPSA) is 12.0 Å². The molecule has 0 saturated heterocycles. The van der Waals surface area contributed by atoms with Crippen LogP contribution < -0.4 is 5.32 Å². The molecule has 0 unspecified atom stereocenters. The van der Waals surface area contributed by atoms with Gasteiger partial charge in [-0.3, -0.25) is 0 Å². The van der Waals surface area contributed by atoms with Crippen molar-refractivity contribution >= 4 is 28.9 Å². The van der Waals surface area contributed by atoms with Crippen LogP contribution in [0, 0.1) is 5.92 Å². The molecule has 0 saturated carbocycles. The van der Waals surface area contributed by atoms with Gasteiger partial charge in [0.15, 0.2) is 0 Å². The summed E-state index contributed by atoms with van der Waals surface area (Å²) >= 11 is 12.5. The van der Waals surface area contributed by atoms with Crippen LogP contribution in [0.2, 0.25) is 10.0 Å². The van der Waals surface area contributed by atoms with Crippen molar-refractivity contribution in [1.82, 2.24) is 0 Å². The molecule has 0 amide bonds. The molecule has 2 aromatic carbocycles. The molecule has 0 radical (unpaired) electrons. The third kappa shape index (κ3) is 2.72. The first-order chi connectivity index (χ1) is 11.9. The number of fused-ring (bicyclic) bond motifs is 3. The Morgan fingerprint density at radius 2 is 1.72 bits per heavy atom. The van der Waals surface area contributed by atoms with Crippen LogP contribution >= 0.6 is 23.2 Å². The van der Waals surface area contributed by atoms with Gasteiger partial charge in [-0.1, -0.05) is 59.6 Å². The largest absolute Gasteiger partial charge is 0.418 e. The number of hydrogen-bond acceptors (Lipinski definition) is 1.